The van der Waals surface area contributed by atoms with Crippen LogP contribution in [0.5, 0.6) is 5.75 Å². The molecule has 3 nitrogen and oxygen atoms in total. The van der Waals surface area contributed by atoms with E-state index in [1.165, 1.54) is 0 Å². The van der Waals surface area contributed by atoms with E-state index in [2.05, 4.69) is 0 Å². The Hall–Kier alpha value is -2.31. The summed E-state index contributed by atoms with van der Waals surface area (Å²) in [4.78, 5) is 0. The molecule has 2 aromatic carbocycles. The summed E-state index contributed by atoms with van der Waals surface area (Å²) in [6.45, 7) is 0.332. The highest BCUT2D eigenvalue weighted by Crippen LogP contribution is 2.19. The molecule has 0 aliphatic carbocycles. The Morgan fingerprint density at radius 1 is 1.06 bits per heavy atom. The minimum Gasteiger partial charge on any atom is -0.489 e. The first kappa shape index (κ1) is 12.2. The second-order valence-electron chi connectivity index (χ2n) is 3.83. The van der Waals surface area contributed by atoms with Crippen LogP contribution in [0.1, 0.15) is 17.2 Å². The quantitative estimate of drug-likeness (QED) is 0.835. The van der Waals surface area contributed by atoms with Crippen molar-refractivity contribution in [3.63, 3.8) is 0 Å². The predicted molar refractivity (Wildman–Crippen MR) is 67.8 cm³/mol. The van der Waals surface area contributed by atoms with Gasteiger partial charge in [0.25, 0.3) is 0 Å². The van der Waals surface area contributed by atoms with Gasteiger partial charge in [0.15, 0.2) is 6.10 Å². The number of hydrogen-bond donors (Lipinski definition) is 1. The molecule has 1 atom stereocenters. The van der Waals surface area contributed by atoms with Gasteiger partial charge in [0.2, 0.25) is 0 Å². The van der Waals surface area contributed by atoms with Gasteiger partial charge in [0, 0.05) is 5.56 Å². The number of nitrogens with zero attached hydrogens (tertiary/aromatic N) is 1. The van der Waals surface area contributed by atoms with Gasteiger partial charge < -0.3 is 9.84 Å². The van der Waals surface area contributed by atoms with E-state index >= 15 is 0 Å². The molecule has 90 valence electrons. The Bertz CT molecular complexity index is 546. The summed E-state index contributed by atoms with van der Waals surface area (Å²) < 4.78 is 5.61. The highest BCUT2D eigenvalue weighted by atomic mass is 16.5. The summed E-state index contributed by atoms with van der Waals surface area (Å²) in [6, 6.07) is 18.5. The number of benzene rings is 2. The lowest BCUT2D eigenvalue weighted by molar-refractivity contribution is 0.229. The molecule has 1 unspecified atom stereocenters. The number of rotatable bonds is 4. The van der Waals surface area contributed by atoms with E-state index in [1.807, 2.05) is 48.5 Å². The minimum absolute atomic E-state index is 0.332. The lowest BCUT2D eigenvalue weighted by Gasteiger charge is -2.11. The van der Waals surface area contributed by atoms with Crippen LogP contribution < -0.4 is 4.74 Å². The molecule has 2 aromatic rings. The molecule has 0 aromatic heterocycles. The topological polar surface area (TPSA) is 53.2 Å². The predicted octanol–water partition coefficient (Wildman–Crippen LogP) is 2.82. The average molecular weight is 239 g/mol. The maximum absolute atomic E-state index is 9.59. The van der Waals surface area contributed by atoms with E-state index in [-0.39, 0.29) is 0 Å². The van der Waals surface area contributed by atoms with Crippen molar-refractivity contribution in [2.75, 3.05) is 0 Å². The molecule has 0 fully saturated rings. The van der Waals surface area contributed by atoms with Crippen LogP contribution in [-0.2, 0) is 6.61 Å². The first-order valence-corrected chi connectivity index (χ1v) is 5.64. The zero-order valence-corrected chi connectivity index (χ0v) is 9.78. The number of para-hydroxylation sites is 1. The number of hydrogen-bond acceptors (Lipinski definition) is 3. The highest BCUT2D eigenvalue weighted by molar-refractivity contribution is 5.32. The van der Waals surface area contributed by atoms with Gasteiger partial charge in [0.1, 0.15) is 12.4 Å². The first-order valence-electron chi connectivity index (χ1n) is 5.64. The molecule has 0 aliphatic heterocycles. The largest absolute Gasteiger partial charge is 0.489 e. The Kier molecular flexibility index (Phi) is 3.95. The highest BCUT2D eigenvalue weighted by Gasteiger charge is 2.10. The van der Waals surface area contributed by atoms with Gasteiger partial charge in [-0.05, 0) is 17.7 Å². The Labute approximate surface area is 106 Å². The van der Waals surface area contributed by atoms with E-state index in [4.69, 9.17) is 10.00 Å². The average Bonchev–Trinajstić information content (AvgIpc) is 2.45. The van der Waals surface area contributed by atoms with E-state index in [9.17, 15) is 5.11 Å². The SMILES string of the molecule is N#CC(O)c1ccccc1COc1ccccc1. The van der Waals surface area contributed by atoms with Gasteiger partial charge in [-0.2, -0.15) is 5.26 Å². The standard InChI is InChI=1S/C15H13NO2/c16-10-15(17)14-9-5-4-6-12(14)11-18-13-7-2-1-3-8-13/h1-9,15,17H,11H2. The van der Waals surface area contributed by atoms with Gasteiger partial charge in [-0.3, -0.25) is 0 Å². The maximum Gasteiger partial charge on any atom is 0.166 e. The third kappa shape index (κ3) is 2.88. The normalized spacial score (nSPS) is 11.6. The number of aliphatic hydroxyl groups is 1. The molecule has 0 radical (unpaired) electrons. The van der Waals surface area contributed by atoms with E-state index < -0.39 is 6.10 Å². The molecular formula is C15H13NO2. The van der Waals surface area contributed by atoms with Crippen molar-refractivity contribution >= 4 is 0 Å². The second-order valence-corrected chi connectivity index (χ2v) is 3.83. The molecule has 0 spiro atoms. The van der Waals surface area contributed by atoms with Crippen LogP contribution in [0.3, 0.4) is 0 Å². The third-order valence-corrected chi connectivity index (χ3v) is 2.61. The molecule has 18 heavy (non-hydrogen) atoms. The van der Waals surface area contributed by atoms with Gasteiger partial charge in [-0.25, -0.2) is 0 Å². The van der Waals surface area contributed by atoms with Crippen molar-refractivity contribution in [1.29, 1.82) is 5.26 Å². The van der Waals surface area contributed by atoms with E-state index in [0.717, 1.165) is 11.3 Å². The Morgan fingerprint density at radius 3 is 2.44 bits per heavy atom. The molecule has 1 N–H and O–H groups in total. The van der Waals surface area contributed by atoms with Crippen molar-refractivity contribution in [1.82, 2.24) is 0 Å². The van der Waals surface area contributed by atoms with E-state index in [1.54, 1.807) is 12.1 Å². The first-order chi connectivity index (χ1) is 8.81. The minimum atomic E-state index is -1.11. The van der Waals surface area contributed by atoms with Crippen LogP contribution in [0.4, 0.5) is 0 Å². The van der Waals surface area contributed by atoms with Crippen LogP contribution in [0.2, 0.25) is 0 Å². The van der Waals surface area contributed by atoms with Crippen molar-refractivity contribution in [2.24, 2.45) is 0 Å². The molecule has 0 heterocycles. The summed E-state index contributed by atoms with van der Waals surface area (Å²) in [6.07, 6.45) is -1.11. The van der Waals surface area contributed by atoms with E-state index in [0.29, 0.717) is 12.2 Å². The zero-order valence-electron chi connectivity index (χ0n) is 9.78. The number of ether oxygens (including phenoxy) is 1. The van der Waals surface area contributed by atoms with Gasteiger partial charge in [-0.15, -0.1) is 0 Å². The molecular weight excluding hydrogens is 226 g/mol. The molecule has 0 amide bonds. The number of aliphatic hydroxyl groups excluding tert-OH is 1. The van der Waals surface area contributed by atoms with Crippen molar-refractivity contribution in [3.8, 4) is 11.8 Å². The lowest BCUT2D eigenvalue weighted by atomic mass is 10.0. The summed E-state index contributed by atoms with van der Waals surface area (Å²) in [5.41, 5.74) is 1.41. The smallest absolute Gasteiger partial charge is 0.166 e. The second kappa shape index (κ2) is 5.85. The van der Waals surface area contributed by atoms with Crippen LogP contribution in [0.25, 0.3) is 0 Å². The maximum atomic E-state index is 9.59. The number of nitriles is 1. The van der Waals surface area contributed by atoms with Crippen molar-refractivity contribution < 1.29 is 9.84 Å². The molecule has 0 bridgehead atoms. The molecule has 0 aliphatic rings. The summed E-state index contributed by atoms with van der Waals surface area (Å²) >= 11 is 0. The Balaban J connectivity index is 2.13. The molecule has 2 rings (SSSR count). The fraction of sp³-hybridized carbons (Fsp3) is 0.133. The summed E-state index contributed by atoms with van der Waals surface area (Å²) in [7, 11) is 0. The fourth-order valence-electron chi connectivity index (χ4n) is 1.68. The molecule has 3 heteroatoms. The van der Waals surface area contributed by atoms with Crippen LogP contribution in [0, 0.1) is 11.3 Å². The fourth-order valence-corrected chi connectivity index (χ4v) is 1.68. The van der Waals surface area contributed by atoms with Crippen LogP contribution in [0.15, 0.2) is 54.6 Å². The third-order valence-electron chi connectivity index (χ3n) is 2.61. The molecule has 0 saturated heterocycles. The van der Waals surface area contributed by atoms with Crippen LogP contribution >= 0.6 is 0 Å². The monoisotopic (exact) mass is 239 g/mol. The van der Waals surface area contributed by atoms with Crippen LogP contribution in [-0.4, -0.2) is 5.11 Å². The lowest BCUT2D eigenvalue weighted by Crippen LogP contribution is -2.03. The summed E-state index contributed by atoms with van der Waals surface area (Å²) in [5.74, 6) is 0.763. The van der Waals surface area contributed by atoms with Crippen molar-refractivity contribution in [3.05, 3.63) is 65.7 Å². The van der Waals surface area contributed by atoms with Gasteiger partial charge >= 0.3 is 0 Å². The van der Waals surface area contributed by atoms with Gasteiger partial charge in [0.05, 0.1) is 6.07 Å². The van der Waals surface area contributed by atoms with Gasteiger partial charge in [-0.1, -0.05) is 42.5 Å². The Morgan fingerprint density at radius 2 is 1.72 bits per heavy atom. The molecule has 0 saturated carbocycles. The zero-order chi connectivity index (χ0) is 12.8. The van der Waals surface area contributed by atoms with Crippen molar-refractivity contribution in [2.45, 2.75) is 12.7 Å². The summed E-state index contributed by atoms with van der Waals surface area (Å²) in [5, 5.41) is 18.3.